The van der Waals surface area contributed by atoms with E-state index in [1.54, 1.807) is 0 Å². The van der Waals surface area contributed by atoms with Gasteiger partial charge in [-0.3, -0.25) is 4.79 Å². The number of carbonyl (C=O) groups excluding carboxylic acids is 1. The molecule has 2 rings (SSSR count). The molecule has 4 N–H and O–H groups in total. The van der Waals surface area contributed by atoms with E-state index in [2.05, 4.69) is 22.5 Å². The van der Waals surface area contributed by atoms with E-state index in [-0.39, 0.29) is 30.6 Å². The van der Waals surface area contributed by atoms with Crippen LogP contribution in [-0.2, 0) is 11.3 Å². The van der Waals surface area contributed by atoms with Crippen LogP contribution in [0, 0.1) is 5.92 Å². The highest BCUT2D eigenvalue weighted by Gasteiger charge is 2.12. The van der Waals surface area contributed by atoms with Crippen molar-refractivity contribution in [3.8, 4) is 5.75 Å². The molecule has 0 aromatic heterocycles. The van der Waals surface area contributed by atoms with Crippen LogP contribution in [0.3, 0.4) is 0 Å². The number of benzene rings is 1. The summed E-state index contributed by atoms with van der Waals surface area (Å²) in [7, 11) is 0. The molecule has 1 fully saturated rings. The van der Waals surface area contributed by atoms with Gasteiger partial charge in [-0.1, -0.05) is 44.2 Å². The third-order valence-electron chi connectivity index (χ3n) is 4.85. The second-order valence-corrected chi connectivity index (χ2v) is 7.17. The molecule has 0 saturated heterocycles. The Hall–Kier alpha value is -1.51. The van der Waals surface area contributed by atoms with Crippen LogP contribution in [0.1, 0.15) is 57.4 Å². The summed E-state index contributed by atoms with van der Waals surface area (Å²) in [5.74, 6) is 1.91. The van der Waals surface area contributed by atoms with Crippen LogP contribution in [0.4, 0.5) is 0 Å². The van der Waals surface area contributed by atoms with Gasteiger partial charge in [-0.05, 0) is 43.4 Å². The lowest BCUT2D eigenvalue weighted by Crippen LogP contribution is -2.37. The monoisotopic (exact) mass is 502 g/mol. The molecule has 6 nitrogen and oxygen atoms in total. The Morgan fingerprint density at radius 3 is 2.75 bits per heavy atom. The summed E-state index contributed by atoms with van der Waals surface area (Å²) in [4.78, 5) is 15.5. The van der Waals surface area contributed by atoms with Crippen LogP contribution < -0.4 is 21.1 Å². The molecule has 0 atom stereocenters. The number of ether oxygens (including phenoxy) is 1. The Kier molecular flexibility index (Phi) is 12.7. The first-order valence-electron chi connectivity index (χ1n) is 10.2. The molecule has 7 heteroatoms. The number of nitrogens with two attached hydrogens (primary N) is 1. The SMILES string of the molecule is CCNC(=NCc1cccc(OCC(N)=O)c1)NCCCC1CCCCC1.I. The highest BCUT2D eigenvalue weighted by atomic mass is 127. The average Bonchev–Trinajstić information content (AvgIpc) is 2.69. The summed E-state index contributed by atoms with van der Waals surface area (Å²) in [6, 6.07) is 7.59. The highest BCUT2D eigenvalue weighted by molar-refractivity contribution is 14.0. The number of nitrogens with one attached hydrogen (secondary N) is 2. The summed E-state index contributed by atoms with van der Waals surface area (Å²) in [6.07, 6.45) is 9.54. The maximum absolute atomic E-state index is 10.8. The lowest BCUT2D eigenvalue weighted by molar-refractivity contribution is -0.119. The fourth-order valence-electron chi connectivity index (χ4n) is 3.47. The summed E-state index contributed by atoms with van der Waals surface area (Å²) < 4.78 is 5.35. The van der Waals surface area contributed by atoms with Crippen molar-refractivity contribution in [2.45, 2.75) is 58.4 Å². The molecule has 28 heavy (non-hydrogen) atoms. The van der Waals surface area contributed by atoms with Gasteiger partial charge in [0, 0.05) is 13.1 Å². The van der Waals surface area contributed by atoms with Crippen LogP contribution in [0.15, 0.2) is 29.3 Å². The van der Waals surface area contributed by atoms with Gasteiger partial charge < -0.3 is 21.1 Å². The lowest BCUT2D eigenvalue weighted by Gasteiger charge is -2.21. The van der Waals surface area contributed by atoms with Crippen molar-refractivity contribution < 1.29 is 9.53 Å². The van der Waals surface area contributed by atoms with Crippen LogP contribution in [0.2, 0.25) is 0 Å². The lowest BCUT2D eigenvalue weighted by atomic mass is 9.86. The van der Waals surface area contributed by atoms with Gasteiger partial charge in [-0.2, -0.15) is 0 Å². The van der Waals surface area contributed by atoms with Gasteiger partial charge in [0.2, 0.25) is 0 Å². The Labute approximate surface area is 186 Å². The van der Waals surface area contributed by atoms with Crippen molar-refractivity contribution in [2.75, 3.05) is 19.7 Å². The number of guanidine groups is 1. The first-order valence-corrected chi connectivity index (χ1v) is 10.2. The molecule has 158 valence electrons. The van der Waals surface area contributed by atoms with E-state index in [0.29, 0.717) is 12.3 Å². The Balaban J connectivity index is 0.00000392. The molecule has 1 aliphatic carbocycles. The minimum absolute atomic E-state index is 0. The number of carbonyl (C=O) groups is 1. The number of rotatable bonds is 10. The molecule has 1 saturated carbocycles. The Bertz CT molecular complexity index is 604. The maximum Gasteiger partial charge on any atom is 0.255 e. The molecular formula is C21H35IN4O2. The van der Waals surface area contributed by atoms with E-state index in [0.717, 1.165) is 30.5 Å². The molecule has 0 bridgehead atoms. The van der Waals surface area contributed by atoms with Crippen molar-refractivity contribution in [3.63, 3.8) is 0 Å². The topological polar surface area (TPSA) is 88.7 Å². The number of halogens is 1. The molecule has 1 aliphatic rings. The predicted octanol–water partition coefficient (Wildman–Crippen LogP) is 3.58. The molecule has 0 radical (unpaired) electrons. The van der Waals surface area contributed by atoms with Crippen molar-refractivity contribution >= 4 is 35.8 Å². The van der Waals surface area contributed by atoms with E-state index in [9.17, 15) is 4.79 Å². The maximum atomic E-state index is 10.8. The summed E-state index contributed by atoms with van der Waals surface area (Å²) >= 11 is 0. The number of hydrogen-bond donors (Lipinski definition) is 3. The van der Waals surface area contributed by atoms with E-state index in [4.69, 9.17) is 10.5 Å². The third-order valence-corrected chi connectivity index (χ3v) is 4.85. The second kappa shape index (κ2) is 14.5. The van der Waals surface area contributed by atoms with Gasteiger partial charge in [-0.25, -0.2) is 4.99 Å². The van der Waals surface area contributed by atoms with Crippen molar-refractivity contribution in [3.05, 3.63) is 29.8 Å². The summed E-state index contributed by atoms with van der Waals surface area (Å²) in [5.41, 5.74) is 6.14. The van der Waals surface area contributed by atoms with Gasteiger partial charge in [0.1, 0.15) is 5.75 Å². The van der Waals surface area contributed by atoms with Gasteiger partial charge >= 0.3 is 0 Å². The van der Waals surface area contributed by atoms with Gasteiger partial charge in [0.25, 0.3) is 5.91 Å². The minimum Gasteiger partial charge on any atom is -0.484 e. The quantitative estimate of drug-likeness (QED) is 0.198. The zero-order chi connectivity index (χ0) is 19.3. The van der Waals surface area contributed by atoms with E-state index in [1.807, 2.05) is 24.3 Å². The largest absolute Gasteiger partial charge is 0.484 e. The van der Waals surface area contributed by atoms with Gasteiger partial charge in [0.05, 0.1) is 6.54 Å². The van der Waals surface area contributed by atoms with Gasteiger partial charge in [0.15, 0.2) is 12.6 Å². The summed E-state index contributed by atoms with van der Waals surface area (Å²) in [5, 5.41) is 6.72. The number of hydrogen-bond acceptors (Lipinski definition) is 3. The van der Waals surface area contributed by atoms with Crippen LogP contribution in [0.25, 0.3) is 0 Å². The standard InChI is InChI=1S/C21H34N4O2.HI/c1-2-23-21(24-13-7-11-17-8-4-3-5-9-17)25-15-18-10-6-12-19(14-18)27-16-20(22)26;/h6,10,12,14,17H,2-5,7-9,11,13,15-16H2,1H3,(H2,22,26)(H2,23,24,25);1H. The average molecular weight is 502 g/mol. The van der Waals surface area contributed by atoms with E-state index < -0.39 is 5.91 Å². The first kappa shape index (κ1) is 24.5. The molecule has 0 heterocycles. The van der Waals surface area contributed by atoms with E-state index in [1.165, 1.54) is 44.9 Å². The molecule has 1 amide bonds. The minimum atomic E-state index is -0.481. The van der Waals surface area contributed by atoms with Crippen molar-refractivity contribution in [1.29, 1.82) is 0 Å². The molecule has 0 aliphatic heterocycles. The molecule has 0 spiro atoms. The molecule has 1 aromatic carbocycles. The van der Waals surface area contributed by atoms with Crippen LogP contribution >= 0.6 is 24.0 Å². The normalized spacial score (nSPS) is 14.8. The second-order valence-electron chi connectivity index (χ2n) is 7.17. The van der Waals surface area contributed by atoms with Gasteiger partial charge in [-0.15, -0.1) is 24.0 Å². The van der Waals surface area contributed by atoms with Crippen molar-refractivity contribution in [2.24, 2.45) is 16.6 Å². The van der Waals surface area contributed by atoms with Crippen molar-refractivity contribution in [1.82, 2.24) is 10.6 Å². The molecule has 0 unspecified atom stereocenters. The zero-order valence-electron chi connectivity index (χ0n) is 16.9. The predicted molar refractivity (Wildman–Crippen MR) is 125 cm³/mol. The number of primary amides is 1. The fourth-order valence-corrected chi connectivity index (χ4v) is 3.47. The zero-order valence-corrected chi connectivity index (χ0v) is 19.2. The smallest absolute Gasteiger partial charge is 0.255 e. The molecule has 1 aromatic rings. The third kappa shape index (κ3) is 10.1. The highest BCUT2D eigenvalue weighted by Crippen LogP contribution is 2.26. The Morgan fingerprint density at radius 2 is 2.04 bits per heavy atom. The number of nitrogens with zero attached hydrogens (tertiary/aromatic N) is 1. The number of aliphatic imine (C=N–C) groups is 1. The van der Waals surface area contributed by atoms with E-state index >= 15 is 0 Å². The Morgan fingerprint density at radius 1 is 1.25 bits per heavy atom. The first-order chi connectivity index (χ1) is 13.2. The van der Waals surface area contributed by atoms with Crippen LogP contribution in [-0.4, -0.2) is 31.6 Å². The molecular weight excluding hydrogens is 467 g/mol. The fraction of sp³-hybridized carbons (Fsp3) is 0.619. The summed E-state index contributed by atoms with van der Waals surface area (Å²) in [6.45, 7) is 4.28. The van der Waals surface area contributed by atoms with Crippen LogP contribution in [0.5, 0.6) is 5.75 Å². The number of amides is 1.